The summed E-state index contributed by atoms with van der Waals surface area (Å²) >= 11 is 5.42. The summed E-state index contributed by atoms with van der Waals surface area (Å²) in [5.41, 5.74) is 2.56. The summed E-state index contributed by atoms with van der Waals surface area (Å²) in [6.45, 7) is 5.15. The van der Waals surface area contributed by atoms with Crippen LogP contribution in [0.3, 0.4) is 0 Å². The maximum absolute atomic E-state index is 5.42. The molecule has 0 saturated heterocycles. The Morgan fingerprint density at radius 1 is 1.86 bits per heavy atom. The Bertz CT molecular complexity index is 112. The van der Waals surface area contributed by atoms with Crippen LogP contribution >= 0.6 is 11.6 Å². The third-order valence-corrected chi connectivity index (χ3v) is 0.557. The zero-order valence-electron chi connectivity index (χ0n) is 4.24. The van der Waals surface area contributed by atoms with Gasteiger partial charge in [0.2, 0.25) is 0 Å². The van der Waals surface area contributed by atoms with Crippen LogP contribution in [0.2, 0.25) is 0 Å². The molecule has 0 aromatic rings. The molecule has 0 unspecified atom stereocenters. The van der Waals surface area contributed by atoms with E-state index in [9.17, 15) is 0 Å². The van der Waals surface area contributed by atoms with Gasteiger partial charge in [0.25, 0.3) is 0 Å². The molecule has 7 heavy (non-hydrogen) atoms. The van der Waals surface area contributed by atoms with Gasteiger partial charge in [0, 0.05) is 5.03 Å². The van der Waals surface area contributed by atoms with Crippen molar-refractivity contribution >= 4 is 11.6 Å². The molecule has 0 spiro atoms. The summed E-state index contributed by atoms with van der Waals surface area (Å²) in [6.07, 6.45) is 3.40. The first-order valence-electron chi connectivity index (χ1n) is 1.95. The molecule has 0 amide bonds. The first-order valence-corrected chi connectivity index (χ1v) is 2.33. The van der Waals surface area contributed by atoms with Gasteiger partial charge in [-0.1, -0.05) is 18.2 Å². The third kappa shape index (κ3) is 5.55. The van der Waals surface area contributed by atoms with E-state index in [2.05, 4.69) is 12.3 Å². The number of allylic oxidation sites excluding steroid dienone is 3. The Balaban J connectivity index is 3.69. The largest absolute Gasteiger partial charge is 0.129 e. The Morgan fingerprint density at radius 2 is 2.43 bits per heavy atom. The SMILES string of the molecule is C=C=CC=C(C)Cl. The van der Waals surface area contributed by atoms with E-state index in [0.29, 0.717) is 0 Å². The van der Waals surface area contributed by atoms with Crippen LogP contribution in [0.4, 0.5) is 0 Å². The van der Waals surface area contributed by atoms with Gasteiger partial charge in [0.05, 0.1) is 0 Å². The van der Waals surface area contributed by atoms with Gasteiger partial charge in [-0.15, -0.1) is 5.73 Å². The van der Waals surface area contributed by atoms with Gasteiger partial charge in [0.1, 0.15) is 0 Å². The highest BCUT2D eigenvalue weighted by Crippen LogP contribution is 1.95. The summed E-state index contributed by atoms with van der Waals surface area (Å²) in [5.74, 6) is 0. The molecule has 0 aliphatic heterocycles. The van der Waals surface area contributed by atoms with Gasteiger partial charge in [-0.3, -0.25) is 0 Å². The summed E-state index contributed by atoms with van der Waals surface area (Å²) < 4.78 is 0. The lowest BCUT2D eigenvalue weighted by atomic mass is 10.5. The van der Waals surface area contributed by atoms with Gasteiger partial charge in [-0.05, 0) is 19.1 Å². The molecule has 0 nitrogen and oxygen atoms in total. The average Bonchev–Trinajstić information content (AvgIpc) is 1.61. The van der Waals surface area contributed by atoms with Crippen LogP contribution in [-0.4, -0.2) is 0 Å². The lowest BCUT2D eigenvalue weighted by Crippen LogP contribution is -1.49. The van der Waals surface area contributed by atoms with Crippen LogP contribution in [0, 0.1) is 0 Å². The zero-order valence-corrected chi connectivity index (χ0v) is 5.00. The average molecular weight is 115 g/mol. The number of rotatable bonds is 1. The van der Waals surface area contributed by atoms with E-state index < -0.39 is 0 Å². The van der Waals surface area contributed by atoms with Crippen molar-refractivity contribution in [3.05, 3.63) is 29.5 Å². The molecule has 0 N–H and O–H groups in total. The van der Waals surface area contributed by atoms with Crippen molar-refractivity contribution < 1.29 is 0 Å². The standard InChI is InChI=1S/C6H7Cl/c1-3-4-5-6(2)7/h4-5H,1H2,2H3. The van der Waals surface area contributed by atoms with Crippen LogP contribution in [0.15, 0.2) is 29.5 Å². The van der Waals surface area contributed by atoms with E-state index in [4.69, 9.17) is 11.6 Å². The first kappa shape index (κ1) is 6.55. The van der Waals surface area contributed by atoms with E-state index >= 15 is 0 Å². The van der Waals surface area contributed by atoms with E-state index in [1.165, 1.54) is 0 Å². The molecular formula is C6H7Cl. The minimum absolute atomic E-state index is 0.746. The van der Waals surface area contributed by atoms with Crippen molar-refractivity contribution in [2.24, 2.45) is 0 Å². The van der Waals surface area contributed by atoms with E-state index in [0.717, 1.165) is 5.03 Å². The van der Waals surface area contributed by atoms with Crippen molar-refractivity contribution in [2.45, 2.75) is 6.92 Å². The smallest absolute Gasteiger partial charge is 0.0156 e. The molecule has 0 aliphatic carbocycles. The monoisotopic (exact) mass is 114 g/mol. The lowest BCUT2D eigenvalue weighted by Gasteiger charge is -1.72. The number of hydrogen-bond acceptors (Lipinski definition) is 0. The first-order chi connectivity index (χ1) is 3.27. The number of hydrogen-bond donors (Lipinski definition) is 0. The minimum atomic E-state index is 0.746. The molecule has 0 aliphatic rings. The molecule has 0 atom stereocenters. The number of halogens is 1. The van der Waals surface area contributed by atoms with Crippen molar-refractivity contribution in [3.63, 3.8) is 0 Å². The zero-order chi connectivity index (χ0) is 5.70. The van der Waals surface area contributed by atoms with Crippen molar-refractivity contribution in [3.8, 4) is 0 Å². The molecule has 0 heterocycles. The normalized spacial score (nSPS) is 10.3. The van der Waals surface area contributed by atoms with Crippen molar-refractivity contribution in [1.29, 1.82) is 0 Å². The highest BCUT2D eigenvalue weighted by molar-refractivity contribution is 6.29. The molecule has 0 bridgehead atoms. The highest BCUT2D eigenvalue weighted by atomic mass is 35.5. The summed E-state index contributed by atoms with van der Waals surface area (Å²) in [4.78, 5) is 0. The Morgan fingerprint density at radius 3 is 2.57 bits per heavy atom. The fraction of sp³-hybridized carbons (Fsp3) is 0.167. The van der Waals surface area contributed by atoms with Gasteiger partial charge in [0.15, 0.2) is 0 Å². The maximum Gasteiger partial charge on any atom is 0.0156 e. The van der Waals surface area contributed by atoms with E-state index in [1.54, 1.807) is 19.1 Å². The van der Waals surface area contributed by atoms with Gasteiger partial charge in [-0.25, -0.2) is 0 Å². The summed E-state index contributed by atoms with van der Waals surface area (Å²) in [7, 11) is 0. The van der Waals surface area contributed by atoms with Gasteiger partial charge in [-0.2, -0.15) is 0 Å². The Hall–Kier alpha value is -0.450. The van der Waals surface area contributed by atoms with Crippen LogP contribution in [0.1, 0.15) is 6.92 Å². The fourth-order valence-corrected chi connectivity index (χ4v) is 0.237. The second-order valence-corrected chi connectivity index (χ2v) is 1.72. The molecule has 1 heteroatoms. The summed E-state index contributed by atoms with van der Waals surface area (Å²) in [6, 6.07) is 0. The van der Waals surface area contributed by atoms with Crippen LogP contribution in [0.5, 0.6) is 0 Å². The third-order valence-electron chi connectivity index (χ3n) is 0.431. The molecular weight excluding hydrogens is 108 g/mol. The molecule has 38 valence electrons. The minimum Gasteiger partial charge on any atom is -0.129 e. The molecule has 0 rings (SSSR count). The maximum atomic E-state index is 5.42. The topological polar surface area (TPSA) is 0 Å². The van der Waals surface area contributed by atoms with Gasteiger partial charge < -0.3 is 0 Å². The lowest BCUT2D eigenvalue weighted by molar-refractivity contribution is 1.66. The van der Waals surface area contributed by atoms with E-state index in [1.807, 2.05) is 0 Å². The Kier molecular flexibility index (Phi) is 3.49. The highest BCUT2D eigenvalue weighted by Gasteiger charge is 1.68. The second-order valence-electron chi connectivity index (χ2n) is 1.12. The fourth-order valence-electron chi connectivity index (χ4n) is 0.174. The molecule has 0 radical (unpaired) electrons. The second kappa shape index (κ2) is 3.73. The molecule has 0 fully saturated rings. The molecule has 0 saturated carbocycles. The Labute approximate surface area is 48.8 Å². The van der Waals surface area contributed by atoms with E-state index in [-0.39, 0.29) is 0 Å². The predicted octanol–water partition coefficient (Wildman–Crippen LogP) is 2.47. The van der Waals surface area contributed by atoms with Crippen LogP contribution in [0.25, 0.3) is 0 Å². The quantitative estimate of drug-likeness (QED) is 0.363. The van der Waals surface area contributed by atoms with Crippen molar-refractivity contribution in [1.82, 2.24) is 0 Å². The molecule has 0 aromatic heterocycles. The van der Waals surface area contributed by atoms with Crippen LogP contribution < -0.4 is 0 Å². The summed E-state index contributed by atoms with van der Waals surface area (Å²) in [5, 5.41) is 0.746. The predicted molar refractivity (Wildman–Crippen MR) is 33.3 cm³/mol. The van der Waals surface area contributed by atoms with Gasteiger partial charge >= 0.3 is 0 Å². The van der Waals surface area contributed by atoms with Crippen LogP contribution in [-0.2, 0) is 0 Å². The molecule has 0 aromatic carbocycles. The van der Waals surface area contributed by atoms with Crippen molar-refractivity contribution in [2.75, 3.05) is 0 Å².